The van der Waals surface area contributed by atoms with Gasteiger partial charge in [0, 0.05) is 17.7 Å². The van der Waals surface area contributed by atoms with Crippen LogP contribution in [0.15, 0.2) is 75.8 Å². The standard InChI is InChI=1S/C27H23N3O5/c1-16-23(26(32)30(29-16)21-10-8-20(9-11-21)27(33)34)14-22-12-13-24(35-22)18-4-6-19(7-5-18)25(31)28-15-17-2-3-17/h4-14,17H,2-3,15H2,1H3,(H,28,31)(H,33,34). The summed E-state index contributed by atoms with van der Waals surface area (Å²) in [5, 5.41) is 17.6. The lowest BCUT2D eigenvalue weighted by Crippen LogP contribution is -2.25. The molecule has 5 rings (SSSR count). The topological polar surface area (TPSA) is 112 Å². The largest absolute Gasteiger partial charge is 0.478 e. The molecule has 35 heavy (non-hydrogen) atoms. The summed E-state index contributed by atoms with van der Waals surface area (Å²) in [4.78, 5) is 36.3. The number of rotatable bonds is 7. The van der Waals surface area contributed by atoms with Gasteiger partial charge in [0.2, 0.25) is 0 Å². The number of carbonyl (C=O) groups excluding carboxylic acids is 2. The van der Waals surface area contributed by atoms with E-state index in [-0.39, 0.29) is 17.4 Å². The number of amides is 2. The fourth-order valence-electron chi connectivity index (χ4n) is 3.78. The summed E-state index contributed by atoms with van der Waals surface area (Å²) in [6, 6.07) is 16.7. The van der Waals surface area contributed by atoms with Gasteiger partial charge in [0.05, 0.1) is 22.5 Å². The first-order valence-electron chi connectivity index (χ1n) is 11.3. The number of hydrazone groups is 1. The minimum absolute atomic E-state index is 0.0787. The van der Waals surface area contributed by atoms with Gasteiger partial charge >= 0.3 is 5.97 Å². The molecule has 0 unspecified atom stereocenters. The molecule has 176 valence electrons. The van der Waals surface area contributed by atoms with E-state index in [0.717, 1.165) is 12.1 Å². The predicted octanol–water partition coefficient (Wildman–Crippen LogP) is 4.59. The Hall–Kier alpha value is -4.46. The van der Waals surface area contributed by atoms with Gasteiger partial charge in [-0.1, -0.05) is 12.1 Å². The molecule has 2 N–H and O–H groups in total. The molecule has 0 radical (unpaired) electrons. The van der Waals surface area contributed by atoms with Crippen molar-refractivity contribution < 1.29 is 23.9 Å². The highest BCUT2D eigenvalue weighted by Crippen LogP contribution is 2.29. The zero-order valence-electron chi connectivity index (χ0n) is 19.0. The number of furan rings is 1. The molecule has 0 saturated heterocycles. The average Bonchev–Trinajstić information content (AvgIpc) is 3.51. The van der Waals surface area contributed by atoms with Crippen LogP contribution in [-0.2, 0) is 4.79 Å². The second kappa shape index (κ2) is 9.06. The van der Waals surface area contributed by atoms with Gasteiger partial charge in [0.1, 0.15) is 11.5 Å². The molecule has 2 heterocycles. The van der Waals surface area contributed by atoms with Gasteiger partial charge in [0.25, 0.3) is 11.8 Å². The number of carbonyl (C=O) groups is 3. The maximum atomic E-state index is 13.0. The van der Waals surface area contributed by atoms with E-state index in [0.29, 0.717) is 40.0 Å². The molecule has 2 aromatic carbocycles. The Bertz CT molecular complexity index is 1360. The molecule has 1 fully saturated rings. The summed E-state index contributed by atoms with van der Waals surface area (Å²) >= 11 is 0. The highest BCUT2D eigenvalue weighted by Gasteiger charge is 2.29. The highest BCUT2D eigenvalue weighted by molar-refractivity contribution is 6.32. The smallest absolute Gasteiger partial charge is 0.335 e. The van der Waals surface area contributed by atoms with Crippen molar-refractivity contribution in [1.29, 1.82) is 0 Å². The van der Waals surface area contributed by atoms with E-state index in [9.17, 15) is 14.4 Å². The zero-order chi connectivity index (χ0) is 24.5. The van der Waals surface area contributed by atoms with Gasteiger partial charge in [0.15, 0.2) is 0 Å². The van der Waals surface area contributed by atoms with Crippen molar-refractivity contribution in [2.75, 3.05) is 11.6 Å². The summed E-state index contributed by atoms with van der Waals surface area (Å²) in [6.07, 6.45) is 4.01. The van der Waals surface area contributed by atoms with Crippen LogP contribution in [0.1, 0.15) is 46.2 Å². The lowest BCUT2D eigenvalue weighted by molar-refractivity contribution is -0.114. The molecule has 2 aliphatic rings. The van der Waals surface area contributed by atoms with E-state index in [1.54, 1.807) is 43.3 Å². The van der Waals surface area contributed by atoms with Crippen LogP contribution in [0.3, 0.4) is 0 Å². The minimum Gasteiger partial charge on any atom is -0.478 e. The van der Waals surface area contributed by atoms with E-state index in [1.165, 1.54) is 30.0 Å². The number of hydrogen-bond donors (Lipinski definition) is 2. The molecule has 1 aliphatic heterocycles. The molecule has 1 aliphatic carbocycles. The SMILES string of the molecule is CC1=NN(c2ccc(C(=O)O)cc2)C(=O)C1=Cc1ccc(-c2ccc(C(=O)NCC3CC3)cc2)o1. The third-order valence-electron chi connectivity index (χ3n) is 6.01. The Labute approximate surface area is 201 Å². The molecule has 8 nitrogen and oxygen atoms in total. The number of carboxylic acid groups (broad SMARTS) is 1. The predicted molar refractivity (Wildman–Crippen MR) is 131 cm³/mol. The number of benzene rings is 2. The summed E-state index contributed by atoms with van der Waals surface area (Å²) in [5.41, 5.74) is 2.93. The van der Waals surface area contributed by atoms with Crippen molar-refractivity contribution in [2.24, 2.45) is 11.0 Å². The van der Waals surface area contributed by atoms with Crippen molar-refractivity contribution in [3.8, 4) is 11.3 Å². The normalized spacial score (nSPS) is 16.5. The zero-order valence-corrected chi connectivity index (χ0v) is 19.0. The van der Waals surface area contributed by atoms with Gasteiger partial charge in [-0.2, -0.15) is 10.1 Å². The molecule has 1 aromatic heterocycles. The Morgan fingerprint density at radius 1 is 1.06 bits per heavy atom. The summed E-state index contributed by atoms with van der Waals surface area (Å²) < 4.78 is 5.93. The van der Waals surface area contributed by atoms with Gasteiger partial charge in [-0.05, 0) is 80.3 Å². The summed E-state index contributed by atoms with van der Waals surface area (Å²) in [7, 11) is 0. The van der Waals surface area contributed by atoms with Gasteiger partial charge in [-0.25, -0.2) is 4.79 Å². The molecule has 3 aromatic rings. The van der Waals surface area contributed by atoms with Gasteiger partial charge in [-0.15, -0.1) is 0 Å². The minimum atomic E-state index is -1.04. The van der Waals surface area contributed by atoms with Crippen LogP contribution >= 0.6 is 0 Å². The van der Waals surface area contributed by atoms with Crippen molar-refractivity contribution >= 4 is 35.3 Å². The van der Waals surface area contributed by atoms with Crippen LogP contribution in [-0.4, -0.2) is 35.1 Å². The quantitative estimate of drug-likeness (QED) is 0.492. The maximum Gasteiger partial charge on any atom is 0.335 e. The number of carboxylic acids is 1. The lowest BCUT2D eigenvalue weighted by Gasteiger charge is -2.11. The molecular formula is C27H23N3O5. The first-order chi connectivity index (χ1) is 16.9. The lowest BCUT2D eigenvalue weighted by atomic mass is 10.1. The fourth-order valence-corrected chi connectivity index (χ4v) is 3.78. The van der Waals surface area contributed by atoms with E-state index in [4.69, 9.17) is 9.52 Å². The van der Waals surface area contributed by atoms with E-state index in [1.807, 2.05) is 18.2 Å². The second-order valence-electron chi connectivity index (χ2n) is 8.65. The van der Waals surface area contributed by atoms with Crippen LogP contribution in [0.25, 0.3) is 17.4 Å². The number of anilines is 1. The van der Waals surface area contributed by atoms with E-state index in [2.05, 4.69) is 10.4 Å². The van der Waals surface area contributed by atoms with Crippen molar-refractivity contribution in [2.45, 2.75) is 19.8 Å². The van der Waals surface area contributed by atoms with E-state index >= 15 is 0 Å². The Morgan fingerprint density at radius 3 is 2.40 bits per heavy atom. The molecule has 2 amide bonds. The van der Waals surface area contributed by atoms with Crippen LogP contribution in [0.5, 0.6) is 0 Å². The fraction of sp³-hybridized carbons (Fsp3) is 0.185. The molecular weight excluding hydrogens is 446 g/mol. The van der Waals surface area contributed by atoms with Crippen LogP contribution in [0, 0.1) is 5.92 Å². The first-order valence-corrected chi connectivity index (χ1v) is 11.3. The third kappa shape index (κ3) is 4.77. The van der Waals surface area contributed by atoms with Crippen molar-refractivity contribution in [3.63, 3.8) is 0 Å². The molecule has 0 atom stereocenters. The first kappa shape index (κ1) is 22.3. The molecule has 8 heteroatoms. The number of nitrogens with one attached hydrogen (secondary N) is 1. The third-order valence-corrected chi connectivity index (χ3v) is 6.01. The molecule has 0 bridgehead atoms. The number of hydrogen-bond acceptors (Lipinski definition) is 5. The van der Waals surface area contributed by atoms with Crippen LogP contribution in [0.2, 0.25) is 0 Å². The molecule has 1 saturated carbocycles. The number of nitrogens with zero attached hydrogens (tertiary/aromatic N) is 2. The maximum absolute atomic E-state index is 13.0. The van der Waals surface area contributed by atoms with Gasteiger partial charge < -0.3 is 14.8 Å². The summed E-state index contributed by atoms with van der Waals surface area (Å²) in [5.74, 6) is 0.286. The Balaban J connectivity index is 1.29. The summed E-state index contributed by atoms with van der Waals surface area (Å²) in [6.45, 7) is 2.45. The molecule has 0 spiro atoms. The monoisotopic (exact) mass is 469 g/mol. The average molecular weight is 469 g/mol. The van der Waals surface area contributed by atoms with Crippen molar-refractivity contribution in [1.82, 2.24) is 5.32 Å². The second-order valence-corrected chi connectivity index (χ2v) is 8.65. The Morgan fingerprint density at radius 2 is 1.74 bits per heavy atom. The highest BCUT2D eigenvalue weighted by atomic mass is 16.4. The van der Waals surface area contributed by atoms with Gasteiger partial charge in [-0.3, -0.25) is 9.59 Å². The number of aromatic carboxylic acids is 1. The Kier molecular flexibility index (Phi) is 5.78. The van der Waals surface area contributed by atoms with Crippen LogP contribution < -0.4 is 10.3 Å². The van der Waals surface area contributed by atoms with Crippen molar-refractivity contribution in [3.05, 3.63) is 83.1 Å². The van der Waals surface area contributed by atoms with E-state index < -0.39 is 5.97 Å². The van der Waals surface area contributed by atoms with Crippen LogP contribution in [0.4, 0.5) is 5.69 Å².